The van der Waals surface area contributed by atoms with Gasteiger partial charge < -0.3 is 14.8 Å². The minimum atomic E-state index is -0.394. The summed E-state index contributed by atoms with van der Waals surface area (Å²) >= 11 is 7.10. The van der Waals surface area contributed by atoms with E-state index in [1.807, 2.05) is 24.3 Å². The van der Waals surface area contributed by atoms with E-state index in [-0.39, 0.29) is 11.1 Å². The molecule has 1 N–H and O–H groups in total. The van der Waals surface area contributed by atoms with Gasteiger partial charge in [-0.1, -0.05) is 29.8 Å². The molecule has 0 fully saturated rings. The molecule has 28 heavy (non-hydrogen) atoms. The number of thioether (sulfide) groups is 1. The number of carbonyl (C=O) groups excluding carboxylic acids is 2. The van der Waals surface area contributed by atoms with E-state index >= 15 is 0 Å². The first-order valence-corrected chi connectivity index (χ1v) is 9.49. The van der Waals surface area contributed by atoms with Gasteiger partial charge in [-0.3, -0.25) is 9.59 Å². The number of amides is 2. The summed E-state index contributed by atoms with van der Waals surface area (Å²) < 4.78 is 11.2. The third-order valence-electron chi connectivity index (χ3n) is 3.67. The molecular weight excluding hydrogens is 400 g/mol. The Morgan fingerprint density at radius 2 is 2.07 bits per heavy atom. The summed E-state index contributed by atoms with van der Waals surface area (Å²) in [5.74, 6) is 0.442. The number of hydrogen-bond donors (Lipinski definition) is 1. The minimum absolute atomic E-state index is 0.275. The van der Waals surface area contributed by atoms with E-state index in [2.05, 4.69) is 10.3 Å². The first-order chi connectivity index (χ1) is 13.4. The van der Waals surface area contributed by atoms with Gasteiger partial charge in [0.1, 0.15) is 6.61 Å². The number of methoxy groups -OCH3 is 1. The lowest BCUT2D eigenvalue weighted by Crippen LogP contribution is -2.23. The van der Waals surface area contributed by atoms with E-state index < -0.39 is 5.91 Å². The first-order valence-electron chi connectivity index (χ1n) is 8.30. The summed E-state index contributed by atoms with van der Waals surface area (Å²) in [7, 11) is 1.55. The molecule has 1 aliphatic heterocycles. The number of ether oxygens (including phenoxy) is 2. The van der Waals surface area contributed by atoms with Crippen molar-refractivity contribution in [2.24, 2.45) is 4.99 Å². The van der Waals surface area contributed by atoms with Gasteiger partial charge in [0.15, 0.2) is 16.7 Å². The molecule has 0 aromatic heterocycles. The highest BCUT2D eigenvalue weighted by molar-refractivity contribution is 8.18. The number of carbonyl (C=O) groups is 2. The Hall–Kier alpha value is -2.77. The fourth-order valence-electron chi connectivity index (χ4n) is 2.45. The smallest absolute Gasteiger partial charge is 0.286 e. The van der Waals surface area contributed by atoms with Crippen molar-refractivity contribution in [3.8, 4) is 11.5 Å². The number of nitrogens with one attached hydrogen (secondary N) is 1. The number of nitrogens with zero attached hydrogens (tertiary/aromatic N) is 1. The van der Waals surface area contributed by atoms with Gasteiger partial charge in [0, 0.05) is 11.9 Å². The quantitative estimate of drug-likeness (QED) is 0.744. The highest BCUT2D eigenvalue weighted by Gasteiger charge is 2.22. The maximum absolute atomic E-state index is 12.0. The van der Waals surface area contributed by atoms with Gasteiger partial charge >= 0.3 is 0 Å². The number of hydrogen-bond acceptors (Lipinski definition) is 5. The van der Waals surface area contributed by atoms with E-state index in [4.69, 9.17) is 21.1 Å². The average Bonchev–Trinajstić information content (AvgIpc) is 2.98. The fourth-order valence-corrected chi connectivity index (χ4v) is 3.52. The van der Waals surface area contributed by atoms with Crippen molar-refractivity contribution < 1.29 is 19.1 Å². The SMILES string of the molecule is COc1cc(/C=C2\SC(NC(C)=O)=NC2=O)ccc1OCc1cccc(Cl)c1. The van der Waals surface area contributed by atoms with Crippen LogP contribution in [0.1, 0.15) is 18.1 Å². The molecule has 2 aromatic rings. The molecule has 0 saturated carbocycles. The van der Waals surface area contributed by atoms with Gasteiger partial charge in [-0.2, -0.15) is 4.99 Å². The second-order valence-corrected chi connectivity index (χ2v) is 7.31. The lowest BCUT2D eigenvalue weighted by Gasteiger charge is -2.12. The molecule has 6 nitrogen and oxygen atoms in total. The third-order valence-corrected chi connectivity index (χ3v) is 4.81. The molecular formula is C20H17ClN2O4S. The van der Waals surface area contributed by atoms with E-state index in [1.54, 1.807) is 31.4 Å². The standard InChI is InChI=1S/C20H17ClN2O4S/c1-12(24)22-20-23-19(25)18(28-20)10-13-6-7-16(17(9-13)26-2)27-11-14-4-3-5-15(21)8-14/h3-10H,11H2,1-2H3,(H,22,23,24,25)/b18-10-. The summed E-state index contributed by atoms with van der Waals surface area (Å²) in [4.78, 5) is 27.3. The molecule has 1 heterocycles. The van der Waals surface area contributed by atoms with Crippen molar-refractivity contribution in [2.45, 2.75) is 13.5 Å². The Bertz CT molecular complexity index is 988. The maximum atomic E-state index is 12.0. The molecule has 144 valence electrons. The van der Waals surface area contributed by atoms with Crippen LogP contribution in [0.25, 0.3) is 6.08 Å². The van der Waals surface area contributed by atoms with Crippen LogP contribution in [0.2, 0.25) is 5.02 Å². The molecule has 2 aromatic carbocycles. The van der Waals surface area contributed by atoms with Crippen LogP contribution in [-0.2, 0) is 16.2 Å². The summed E-state index contributed by atoms with van der Waals surface area (Å²) in [6.07, 6.45) is 1.69. The molecule has 0 saturated heterocycles. The van der Waals surface area contributed by atoms with Crippen molar-refractivity contribution in [1.29, 1.82) is 0 Å². The molecule has 0 atom stereocenters. The van der Waals surface area contributed by atoms with Crippen LogP contribution in [0.4, 0.5) is 0 Å². The van der Waals surface area contributed by atoms with Gasteiger partial charge in [-0.25, -0.2) is 0 Å². The molecule has 0 unspecified atom stereocenters. The Labute approximate surface area is 171 Å². The predicted molar refractivity (Wildman–Crippen MR) is 111 cm³/mol. The summed E-state index contributed by atoms with van der Waals surface area (Å²) in [6.45, 7) is 1.71. The van der Waals surface area contributed by atoms with E-state index in [1.165, 1.54) is 6.92 Å². The lowest BCUT2D eigenvalue weighted by molar-refractivity contribution is -0.117. The zero-order chi connectivity index (χ0) is 20.1. The highest BCUT2D eigenvalue weighted by atomic mass is 35.5. The first kappa shape index (κ1) is 20.0. The second kappa shape index (κ2) is 8.95. The van der Waals surface area contributed by atoms with Crippen LogP contribution >= 0.6 is 23.4 Å². The van der Waals surface area contributed by atoms with Crippen LogP contribution in [0.15, 0.2) is 52.4 Å². The monoisotopic (exact) mass is 416 g/mol. The number of halogens is 1. The summed E-state index contributed by atoms with van der Waals surface area (Å²) in [6, 6.07) is 12.8. The Morgan fingerprint density at radius 3 is 2.79 bits per heavy atom. The van der Waals surface area contributed by atoms with Crippen LogP contribution in [0, 0.1) is 0 Å². The number of amidine groups is 1. The third kappa shape index (κ3) is 5.15. The molecule has 0 spiro atoms. The highest BCUT2D eigenvalue weighted by Crippen LogP contribution is 2.32. The van der Waals surface area contributed by atoms with Crippen molar-refractivity contribution in [1.82, 2.24) is 5.32 Å². The van der Waals surface area contributed by atoms with Crippen LogP contribution in [0.3, 0.4) is 0 Å². The molecule has 0 radical (unpaired) electrons. The van der Waals surface area contributed by atoms with Crippen LogP contribution < -0.4 is 14.8 Å². The molecule has 0 aliphatic carbocycles. The Balaban J connectivity index is 1.73. The fraction of sp³-hybridized carbons (Fsp3) is 0.150. The number of benzene rings is 2. The van der Waals surface area contributed by atoms with Crippen molar-refractivity contribution in [3.63, 3.8) is 0 Å². The van der Waals surface area contributed by atoms with E-state index in [0.717, 1.165) is 22.9 Å². The average molecular weight is 417 g/mol. The van der Waals surface area contributed by atoms with Crippen molar-refractivity contribution in [3.05, 3.63) is 63.5 Å². The molecule has 0 bridgehead atoms. The summed E-state index contributed by atoms with van der Waals surface area (Å²) in [5.41, 5.74) is 1.69. The van der Waals surface area contributed by atoms with E-state index in [0.29, 0.717) is 28.0 Å². The van der Waals surface area contributed by atoms with Gasteiger partial charge in [0.25, 0.3) is 5.91 Å². The van der Waals surface area contributed by atoms with Crippen LogP contribution in [0.5, 0.6) is 11.5 Å². The van der Waals surface area contributed by atoms with Gasteiger partial charge in [0.05, 0.1) is 12.0 Å². The van der Waals surface area contributed by atoms with Gasteiger partial charge in [0.2, 0.25) is 5.91 Å². The zero-order valence-electron chi connectivity index (χ0n) is 15.2. The topological polar surface area (TPSA) is 77.0 Å². The minimum Gasteiger partial charge on any atom is -0.493 e. The number of aliphatic imine (C=N–C) groups is 1. The van der Waals surface area contributed by atoms with Gasteiger partial charge in [-0.05, 0) is 53.2 Å². The van der Waals surface area contributed by atoms with Gasteiger partial charge in [-0.15, -0.1) is 0 Å². The molecule has 3 rings (SSSR count). The summed E-state index contributed by atoms with van der Waals surface area (Å²) in [5, 5.41) is 3.44. The van der Waals surface area contributed by atoms with E-state index in [9.17, 15) is 9.59 Å². The Kier molecular flexibility index (Phi) is 6.38. The largest absolute Gasteiger partial charge is 0.493 e. The molecule has 2 amide bonds. The predicted octanol–water partition coefficient (Wildman–Crippen LogP) is 4.03. The molecule has 1 aliphatic rings. The van der Waals surface area contributed by atoms with Crippen molar-refractivity contribution in [2.75, 3.05) is 7.11 Å². The maximum Gasteiger partial charge on any atom is 0.286 e. The second-order valence-electron chi connectivity index (χ2n) is 5.84. The zero-order valence-corrected chi connectivity index (χ0v) is 16.8. The lowest BCUT2D eigenvalue weighted by atomic mass is 10.2. The molecule has 8 heteroatoms. The Morgan fingerprint density at radius 1 is 1.25 bits per heavy atom. The van der Waals surface area contributed by atoms with Crippen molar-refractivity contribution >= 4 is 46.4 Å². The van der Waals surface area contributed by atoms with Crippen LogP contribution in [-0.4, -0.2) is 24.1 Å². The number of rotatable bonds is 5. The normalized spacial score (nSPS) is 14.8.